The van der Waals surface area contributed by atoms with Crippen LogP contribution >= 0.6 is 0 Å². The lowest BCUT2D eigenvalue weighted by atomic mass is 10.1. The third kappa shape index (κ3) is 4.68. The van der Waals surface area contributed by atoms with Crippen molar-refractivity contribution < 1.29 is 17.9 Å². The molecule has 0 aliphatic rings. The van der Waals surface area contributed by atoms with E-state index in [0.29, 0.717) is 11.4 Å². The Morgan fingerprint density at radius 2 is 1.69 bits per heavy atom. The molecule has 0 saturated heterocycles. The van der Waals surface area contributed by atoms with Crippen molar-refractivity contribution in [1.82, 2.24) is 5.32 Å². The van der Waals surface area contributed by atoms with Crippen LogP contribution in [0.2, 0.25) is 0 Å². The molecule has 0 aliphatic carbocycles. The summed E-state index contributed by atoms with van der Waals surface area (Å²) >= 11 is 0. The van der Waals surface area contributed by atoms with Crippen LogP contribution < -0.4 is 14.4 Å². The summed E-state index contributed by atoms with van der Waals surface area (Å²) < 4.78 is 31.5. The average molecular weight is 413 g/mol. The summed E-state index contributed by atoms with van der Waals surface area (Å²) in [5.74, 6) is 0.260. The highest BCUT2D eigenvalue weighted by Gasteiger charge is 2.24. The molecule has 7 heteroatoms. The Morgan fingerprint density at radius 1 is 1.03 bits per heavy atom. The number of sulfonamides is 1. The van der Waals surface area contributed by atoms with Crippen molar-refractivity contribution in [2.75, 3.05) is 24.2 Å². The second-order valence-electron chi connectivity index (χ2n) is 6.80. The van der Waals surface area contributed by atoms with Gasteiger partial charge in [0, 0.05) is 10.9 Å². The normalized spacial score (nSPS) is 12.4. The number of carbonyl (C=O) groups excluding carboxylic acids is 1. The smallest absolute Gasteiger partial charge is 0.241 e. The molecule has 0 radical (unpaired) electrons. The Morgan fingerprint density at radius 3 is 2.41 bits per heavy atom. The van der Waals surface area contributed by atoms with Gasteiger partial charge in [0.15, 0.2) is 0 Å². The van der Waals surface area contributed by atoms with Crippen LogP contribution in [0.5, 0.6) is 5.75 Å². The first kappa shape index (κ1) is 20.7. The number of carbonyl (C=O) groups is 1. The highest BCUT2D eigenvalue weighted by molar-refractivity contribution is 7.92. The largest absolute Gasteiger partial charge is 0.496 e. The number of hydrogen-bond acceptors (Lipinski definition) is 4. The summed E-state index contributed by atoms with van der Waals surface area (Å²) in [4.78, 5) is 12.7. The molecule has 1 N–H and O–H groups in total. The van der Waals surface area contributed by atoms with Gasteiger partial charge in [-0.25, -0.2) is 8.42 Å². The van der Waals surface area contributed by atoms with Crippen molar-refractivity contribution in [2.45, 2.75) is 13.0 Å². The molecule has 1 amide bonds. The van der Waals surface area contributed by atoms with Gasteiger partial charge in [-0.05, 0) is 24.4 Å². The van der Waals surface area contributed by atoms with Gasteiger partial charge in [0.2, 0.25) is 15.9 Å². The van der Waals surface area contributed by atoms with Crippen LogP contribution in [0.3, 0.4) is 0 Å². The Bertz CT molecular complexity index is 1120. The predicted molar refractivity (Wildman–Crippen MR) is 116 cm³/mol. The van der Waals surface area contributed by atoms with Gasteiger partial charge in [0.25, 0.3) is 0 Å². The zero-order chi connectivity index (χ0) is 21.0. The van der Waals surface area contributed by atoms with Crippen LogP contribution in [0, 0.1) is 0 Å². The van der Waals surface area contributed by atoms with Gasteiger partial charge in [-0.1, -0.05) is 54.6 Å². The van der Waals surface area contributed by atoms with Crippen LogP contribution in [-0.4, -0.2) is 34.2 Å². The highest BCUT2D eigenvalue weighted by Crippen LogP contribution is 2.29. The minimum absolute atomic E-state index is 0.313. The second-order valence-corrected chi connectivity index (χ2v) is 8.71. The number of anilines is 1. The van der Waals surface area contributed by atoms with Gasteiger partial charge < -0.3 is 10.1 Å². The molecule has 29 heavy (non-hydrogen) atoms. The maximum Gasteiger partial charge on any atom is 0.241 e. The number of fused-ring (bicyclic) bond motifs is 1. The molecule has 0 unspecified atom stereocenters. The molecular weight excluding hydrogens is 388 g/mol. The fourth-order valence-electron chi connectivity index (χ4n) is 3.33. The lowest BCUT2D eigenvalue weighted by Gasteiger charge is -2.25. The summed E-state index contributed by atoms with van der Waals surface area (Å²) in [6.45, 7) is 1.52. The molecule has 3 aromatic rings. The molecule has 3 rings (SSSR count). The summed E-state index contributed by atoms with van der Waals surface area (Å²) in [7, 11) is -2.10. The molecule has 3 aromatic carbocycles. The SMILES string of the molecule is COc1ccccc1[C@@H](C)NC(=O)CN(c1cccc2ccccc12)S(C)(=O)=O. The second kappa shape index (κ2) is 8.53. The maximum atomic E-state index is 12.7. The first-order valence-electron chi connectivity index (χ1n) is 9.19. The molecule has 6 nitrogen and oxygen atoms in total. The van der Waals surface area contributed by atoms with E-state index in [2.05, 4.69) is 5.32 Å². The van der Waals surface area contributed by atoms with E-state index in [1.807, 2.05) is 61.5 Å². The van der Waals surface area contributed by atoms with Gasteiger partial charge in [0.05, 0.1) is 25.1 Å². The van der Waals surface area contributed by atoms with E-state index in [1.54, 1.807) is 19.2 Å². The fourth-order valence-corrected chi connectivity index (χ4v) is 4.19. The Balaban J connectivity index is 1.87. The van der Waals surface area contributed by atoms with Crippen molar-refractivity contribution in [1.29, 1.82) is 0 Å². The minimum Gasteiger partial charge on any atom is -0.496 e. The number of amides is 1. The molecule has 0 aromatic heterocycles. The van der Waals surface area contributed by atoms with Crippen LogP contribution in [0.1, 0.15) is 18.5 Å². The van der Waals surface area contributed by atoms with Gasteiger partial charge in [-0.2, -0.15) is 0 Å². The number of nitrogens with zero attached hydrogens (tertiary/aromatic N) is 1. The Labute approximate surface area is 171 Å². The third-order valence-corrected chi connectivity index (χ3v) is 5.83. The lowest BCUT2D eigenvalue weighted by molar-refractivity contribution is -0.120. The van der Waals surface area contributed by atoms with E-state index < -0.39 is 15.9 Å². The molecule has 152 valence electrons. The van der Waals surface area contributed by atoms with Gasteiger partial charge in [0.1, 0.15) is 12.3 Å². The summed E-state index contributed by atoms with van der Waals surface area (Å²) in [6.07, 6.45) is 1.10. The standard InChI is InChI=1S/C22H24N2O4S/c1-16(18-11-6-7-14-21(18)28-2)23-22(25)15-24(29(3,26)27)20-13-8-10-17-9-4-5-12-19(17)20/h4-14,16H,15H2,1-3H3,(H,23,25)/t16-/m1/s1. The van der Waals surface area contributed by atoms with Crippen molar-refractivity contribution in [3.05, 3.63) is 72.3 Å². The summed E-state index contributed by atoms with van der Waals surface area (Å²) in [6, 6.07) is 19.9. The topological polar surface area (TPSA) is 75.7 Å². The average Bonchev–Trinajstić information content (AvgIpc) is 2.70. The van der Waals surface area contributed by atoms with E-state index in [9.17, 15) is 13.2 Å². The first-order chi connectivity index (χ1) is 13.8. The molecule has 0 heterocycles. The zero-order valence-electron chi connectivity index (χ0n) is 16.6. The quantitative estimate of drug-likeness (QED) is 0.645. The van der Waals surface area contributed by atoms with Gasteiger partial charge in [-0.15, -0.1) is 0 Å². The van der Waals surface area contributed by atoms with Gasteiger partial charge in [-0.3, -0.25) is 9.10 Å². The predicted octanol–water partition coefficient (Wildman–Crippen LogP) is 3.49. The minimum atomic E-state index is -3.67. The molecular formula is C22H24N2O4S. The van der Waals surface area contributed by atoms with Gasteiger partial charge >= 0.3 is 0 Å². The molecule has 0 saturated carbocycles. The van der Waals surface area contributed by atoms with Crippen molar-refractivity contribution in [3.8, 4) is 5.75 Å². The molecule has 1 atom stereocenters. The number of methoxy groups -OCH3 is 1. The van der Waals surface area contributed by atoms with Crippen molar-refractivity contribution in [2.24, 2.45) is 0 Å². The first-order valence-corrected chi connectivity index (χ1v) is 11.0. The van der Waals surface area contributed by atoms with E-state index in [0.717, 1.165) is 26.9 Å². The zero-order valence-corrected chi connectivity index (χ0v) is 17.4. The number of para-hydroxylation sites is 1. The Kier molecular flexibility index (Phi) is 6.08. The third-order valence-electron chi connectivity index (χ3n) is 4.71. The molecule has 0 fully saturated rings. The van der Waals surface area contributed by atoms with E-state index in [1.165, 1.54) is 0 Å². The van der Waals surface area contributed by atoms with E-state index in [4.69, 9.17) is 4.74 Å². The van der Waals surface area contributed by atoms with E-state index >= 15 is 0 Å². The summed E-state index contributed by atoms with van der Waals surface area (Å²) in [5.41, 5.74) is 1.30. The monoisotopic (exact) mass is 412 g/mol. The maximum absolute atomic E-state index is 12.7. The van der Waals surface area contributed by atoms with E-state index in [-0.39, 0.29) is 12.6 Å². The molecule has 0 aliphatic heterocycles. The van der Waals surface area contributed by atoms with Crippen LogP contribution in [0.15, 0.2) is 66.7 Å². The summed E-state index contributed by atoms with van der Waals surface area (Å²) in [5, 5.41) is 4.54. The molecule has 0 spiro atoms. The van der Waals surface area contributed by atoms with Crippen molar-refractivity contribution in [3.63, 3.8) is 0 Å². The lowest BCUT2D eigenvalue weighted by Crippen LogP contribution is -2.41. The fraction of sp³-hybridized carbons (Fsp3) is 0.227. The number of rotatable bonds is 7. The number of nitrogens with one attached hydrogen (secondary N) is 1. The number of benzene rings is 3. The highest BCUT2D eigenvalue weighted by atomic mass is 32.2. The number of hydrogen-bond donors (Lipinski definition) is 1. The van der Waals surface area contributed by atoms with Crippen LogP contribution in [0.25, 0.3) is 10.8 Å². The Hall–Kier alpha value is -3.06. The molecule has 0 bridgehead atoms. The van der Waals surface area contributed by atoms with Crippen LogP contribution in [0.4, 0.5) is 5.69 Å². The van der Waals surface area contributed by atoms with Crippen LogP contribution in [-0.2, 0) is 14.8 Å². The number of ether oxygens (including phenoxy) is 1. The van der Waals surface area contributed by atoms with Crippen molar-refractivity contribution >= 4 is 32.4 Å².